The van der Waals surface area contributed by atoms with Gasteiger partial charge >= 0.3 is 5.69 Å². The summed E-state index contributed by atoms with van der Waals surface area (Å²) in [6.45, 7) is -0.126. The first-order chi connectivity index (χ1) is 11.8. The molecule has 9 heteroatoms. The molecular formula is C16H14BrFN4O3. The van der Waals surface area contributed by atoms with E-state index >= 15 is 0 Å². The van der Waals surface area contributed by atoms with Gasteiger partial charge in [-0.15, -0.1) is 0 Å². The van der Waals surface area contributed by atoms with Gasteiger partial charge in [0.25, 0.3) is 5.56 Å². The van der Waals surface area contributed by atoms with E-state index in [-0.39, 0.29) is 28.7 Å². The molecule has 0 atom stereocenters. The number of pyridine rings is 1. The number of halogens is 2. The van der Waals surface area contributed by atoms with Crippen LogP contribution >= 0.6 is 15.9 Å². The molecule has 2 heterocycles. The first-order valence-electron chi connectivity index (χ1n) is 7.25. The summed E-state index contributed by atoms with van der Waals surface area (Å²) in [7, 11) is 2.77. The number of hydrogen-bond acceptors (Lipinski definition) is 5. The molecule has 0 spiro atoms. The van der Waals surface area contributed by atoms with Crippen molar-refractivity contribution in [3.8, 4) is 17.0 Å². The molecule has 3 N–H and O–H groups in total. The summed E-state index contributed by atoms with van der Waals surface area (Å²) in [4.78, 5) is 28.9. The van der Waals surface area contributed by atoms with E-state index in [1.54, 1.807) is 0 Å². The van der Waals surface area contributed by atoms with Crippen LogP contribution in [0.15, 0.2) is 32.3 Å². The summed E-state index contributed by atoms with van der Waals surface area (Å²) in [6, 6.07) is 3.97. The van der Waals surface area contributed by atoms with Crippen molar-refractivity contribution in [3.05, 3.63) is 54.9 Å². The lowest BCUT2D eigenvalue weighted by Crippen LogP contribution is -2.37. The van der Waals surface area contributed by atoms with Crippen molar-refractivity contribution in [1.82, 2.24) is 14.1 Å². The van der Waals surface area contributed by atoms with Gasteiger partial charge in [-0.3, -0.25) is 13.9 Å². The highest BCUT2D eigenvalue weighted by Gasteiger charge is 2.23. The third kappa shape index (κ3) is 2.56. The number of benzene rings is 1. The highest BCUT2D eigenvalue weighted by molar-refractivity contribution is 9.10. The van der Waals surface area contributed by atoms with E-state index in [4.69, 9.17) is 5.73 Å². The van der Waals surface area contributed by atoms with E-state index in [9.17, 15) is 19.1 Å². The van der Waals surface area contributed by atoms with Gasteiger partial charge in [0.1, 0.15) is 5.82 Å². The van der Waals surface area contributed by atoms with Crippen LogP contribution in [0.2, 0.25) is 0 Å². The Balaban J connectivity index is 2.68. The summed E-state index contributed by atoms with van der Waals surface area (Å²) >= 11 is 3.33. The normalized spacial score (nSPS) is 11.2. The molecule has 2 aromatic heterocycles. The van der Waals surface area contributed by atoms with Gasteiger partial charge in [-0.2, -0.15) is 4.98 Å². The number of aryl methyl sites for hydroxylation is 1. The van der Waals surface area contributed by atoms with Gasteiger partial charge in [0.2, 0.25) is 5.88 Å². The molecule has 25 heavy (non-hydrogen) atoms. The topological polar surface area (TPSA) is 103 Å². The second-order valence-corrected chi connectivity index (χ2v) is 6.38. The molecule has 0 aliphatic rings. The van der Waals surface area contributed by atoms with Crippen LogP contribution in [0, 0.1) is 5.82 Å². The smallest absolute Gasteiger partial charge is 0.332 e. The fourth-order valence-electron chi connectivity index (χ4n) is 2.79. The SMILES string of the molecule is Cn1c(=O)c2c(-c3cc(F)ccc3Br)c(CN)c(O)nc2n(C)c1=O. The van der Waals surface area contributed by atoms with Crippen molar-refractivity contribution >= 4 is 27.0 Å². The van der Waals surface area contributed by atoms with Crippen molar-refractivity contribution in [2.45, 2.75) is 6.54 Å². The predicted molar refractivity (Wildman–Crippen MR) is 94.9 cm³/mol. The Morgan fingerprint density at radius 3 is 2.60 bits per heavy atom. The van der Waals surface area contributed by atoms with Gasteiger partial charge in [-0.1, -0.05) is 15.9 Å². The van der Waals surface area contributed by atoms with Gasteiger partial charge in [-0.05, 0) is 18.2 Å². The van der Waals surface area contributed by atoms with Crippen molar-refractivity contribution in [1.29, 1.82) is 0 Å². The fraction of sp³-hybridized carbons (Fsp3) is 0.188. The molecule has 0 unspecified atom stereocenters. The van der Waals surface area contributed by atoms with E-state index in [2.05, 4.69) is 20.9 Å². The van der Waals surface area contributed by atoms with Gasteiger partial charge in [0.05, 0.1) is 5.39 Å². The number of fused-ring (bicyclic) bond motifs is 1. The third-order valence-corrected chi connectivity index (χ3v) is 4.76. The predicted octanol–water partition coefficient (Wildman–Crippen LogP) is 1.37. The second-order valence-electron chi connectivity index (χ2n) is 5.52. The summed E-state index contributed by atoms with van der Waals surface area (Å²) in [6.07, 6.45) is 0. The standard InChI is InChI=1S/C16H14BrFN4O3/c1-21-13-12(15(24)22(2)16(21)25)11(9(6-19)14(23)20-13)8-5-7(18)3-4-10(8)17/h3-5H,6,19H2,1-2H3,(H,20,23). The molecule has 1 aromatic carbocycles. The molecule has 3 rings (SSSR count). The number of rotatable bonds is 2. The first-order valence-corrected chi connectivity index (χ1v) is 8.04. The monoisotopic (exact) mass is 408 g/mol. The van der Waals surface area contributed by atoms with Crippen LogP contribution in [0.25, 0.3) is 22.2 Å². The molecule has 0 amide bonds. The Hall–Kier alpha value is -2.52. The summed E-state index contributed by atoms with van der Waals surface area (Å²) in [5, 5.41) is 10.3. The Morgan fingerprint density at radius 2 is 1.96 bits per heavy atom. The Kier molecular flexibility index (Phi) is 4.21. The van der Waals surface area contributed by atoms with Crippen LogP contribution in [0.3, 0.4) is 0 Å². The van der Waals surface area contributed by atoms with Crippen LogP contribution in [0.5, 0.6) is 5.88 Å². The van der Waals surface area contributed by atoms with Crippen molar-refractivity contribution < 1.29 is 9.50 Å². The third-order valence-electron chi connectivity index (χ3n) is 4.07. The number of nitrogens with two attached hydrogens (primary N) is 1. The second kappa shape index (κ2) is 6.08. The van der Waals surface area contributed by atoms with Gasteiger partial charge < -0.3 is 10.8 Å². The quantitative estimate of drug-likeness (QED) is 0.666. The van der Waals surface area contributed by atoms with Crippen molar-refractivity contribution in [3.63, 3.8) is 0 Å². The van der Waals surface area contributed by atoms with Crippen LogP contribution < -0.4 is 17.0 Å². The maximum atomic E-state index is 13.8. The molecular weight excluding hydrogens is 395 g/mol. The van der Waals surface area contributed by atoms with Crippen LogP contribution in [-0.2, 0) is 20.6 Å². The van der Waals surface area contributed by atoms with E-state index in [1.165, 1.54) is 32.3 Å². The lowest BCUT2D eigenvalue weighted by atomic mass is 9.97. The lowest BCUT2D eigenvalue weighted by Gasteiger charge is -2.16. The highest BCUT2D eigenvalue weighted by atomic mass is 79.9. The molecule has 130 valence electrons. The first kappa shape index (κ1) is 17.3. The Labute approximate surface area is 149 Å². The molecule has 0 saturated carbocycles. The minimum Gasteiger partial charge on any atom is -0.493 e. The minimum absolute atomic E-state index is 0.00559. The van der Waals surface area contributed by atoms with E-state index in [0.717, 1.165) is 9.13 Å². The molecule has 0 aliphatic heterocycles. The number of aromatic nitrogens is 3. The number of aromatic hydroxyl groups is 1. The molecule has 0 saturated heterocycles. The largest absolute Gasteiger partial charge is 0.493 e. The highest BCUT2D eigenvalue weighted by Crippen LogP contribution is 2.37. The van der Waals surface area contributed by atoms with E-state index in [1.807, 2.05) is 0 Å². The average Bonchev–Trinajstić information content (AvgIpc) is 2.59. The zero-order valence-corrected chi connectivity index (χ0v) is 15.0. The Bertz CT molecular complexity index is 1140. The summed E-state index contributed by atoms with van der Waals surface area (Å²) < 4.78 is 16.4. The lowest BCUT2D eigenvalue weighted by molar-refractivity contribution is 0.447. The zero-order valence-electron chi connectivity index (χ0n) is 13.4. The minimum atomic E-state index is -0.605. The fourth-order valence-corrected chi connectivity index (χ4v) is 3.24. The maximum Gasteiger partial charge on any atom is 0.332 e. The van der Waals surface area contributed by atoms with Gasteiger partial charge in [-0.25, -0.2) is 9.18 Å². The number of nitrogens with zero attached hydrogens (tertiary/aromatic N) is 3. The van der Waals surface area contributed by atoms with Gasteiger partial charge in [0.15, 0.2) is 5.65 Å². The van der Waals surface area contributed by atoms with Crippen LogP contribution in [-0.4, -0.2) is 19.2 Å². The van der Waals surface area contributed by atoms with Crippen LogP contribution in [0.1, 0.15) is 5.56 Å². The van der Waals surface area contributed by atoms with E-state index in [0.29, 0.717) is 10.0 Å². The number of hydrogen-bond donors (Lipinski definition) is 2. The molecule has 0 radical (unpaired) electrons. The Morgan fingerprint density at radius 1 is 1.28 bits per heavy atom. The average molecular weight is 409 g/mol. The summed E-state index contributed by atoms with van der Waals surface area (Å²) in [5.41, 5.74) is 5.30. The molecule has 7 nitrogen and oxygen atoms in total. The van der Waals surface area contributed by atoms with Crippen molar-refractivity contribution in [2.75, 3.05) is 0 Å². The van der Waals surface area contributed by atoms with Gasteiger partial charge in [0, 0.05) is 41.8 Å². The van der Waals surface area contributed by atoms with Crippen molar-refractivity contribution in [2.24, 2.45) is 19.8 Å². The zero-order chi connectivity index (χ0) is 18.5. The van der Waals surface area contributed by atoms with Crippen LogP contribution in [0.4, 0.5) is 4.39 Å². The molecule has 0 fully saturated rings. The molecule has 0 aliphatic carbocycles. The molecule has 3 aromatic rings. The van der Waals surface area contributed by atoms with E-state index < -0.39 is 22.9 Å². The maximum absolute atomic E-state index is 13.8. The molecule has 0 bridgehead atoms. The summed E-state index contributed by atoms with van der Waals surface area (Å²) in [5.74, 6) is -0.934.